The molecule has 0 bridgehead atoms. The zero-order chi connectivity index (χ0) is 16.8. The molecule has 0 heterocycles. The number of amides is 1. The van der Waals surface area contributed by atoms with E-state index in [0.29, 0.717) is 11.9 Å². The van der Waals surface area contributed by atoms with E-state index in [1.807, 2.05) is 0 Å². The van der Waals surface area contributed by atoms with Gasteiger partial charge in [-0.05, 0) is 25.2 Å². The van der Waals surface area contributed by atoms with E-state index in [-0.39, 0.29) is 0 Å². The van der Waals surface area contributed by atoms with E-state index in [2.05, 4.69) is 19.2 Å². The summed E-state index contributed by atoms with van der Waals surface area (Å²) < 4.78 is 0. The fourth-order valence-corrected chi connectivity index (χ4v) is 3.81. The molecule has 136 valence electrons. The minimum Gasteiger partial charge on any atom is -0.353 e. The minimum atomic E-state index is 0.292. The number of carbonyl (C=O) groups excluding carboxylic acids is 1. The van der Waals surface area contributed by atoms with Crippen LogP contribution in [0.2, 0.25) is 0 Å². The standard InChI is InChI=1S/C21H41NO/c1-3-4-5-6-7-8-9-10-11-12-13-17-21(23)22-20-16-14-15-19(2)18-20/h19-20H,3-18H2,1-2H3,(H,22,23)/t19-,20+/m1/s1. The van der Waals surface area contributed by atoms with Crippen molar-refractivity contribution in [2.45, 2.75) is 123 Å². The van der Waals surface area contributed by atoms with Crippen molar-refractivity contribution < 1.29 is 4.79 Å². The topological polar surface area (TPSA) is 29.1 Å². The van der Waals surface area contributed by atoms with E-state index in [1.54, 1.807) is 0 Å². The van der Waals surface area contributed by atoms with Crippen molar-refractivity contribution in [1.82, 2.24) is 5.32 Å². The lowest BCUT2D eigenvalue weighted by Crippen LogP contribution is -2.37. The van der Waals surface area contributed by atoms with Gasteiger partial charge in [0.25, 0.3) is 0 Å². The van der Waals surface area contributed by atoms with Crippen LogP contribution in [0.25, 0.3) is 0 Å². The summed E-state index contributed by atoms with van der Waals surface area (Å²) in [5.41, 5.74) is 0. The van der Waals surface area contributed by atoms with Crippen LogP contribution in [0.15, 0.2) is 0 Å². The van der Waals surface area contributed by atoms with Crippen LogP contribution in [-0.4, -0.2) is 11.9 Å². The molecule has 1 saturated carbocycles. The van der Waals surface area contributed by atoms with Crippen molar-refractivity contribution in [3.8, 4) is 0 Å². The average Bonchev–Trinajstić information content (AvgIpc) is 2.52. The monoisotopic (exact) mass is 323 g/mol. The highest BCUT2D eigenvalue weighted by atomic mass is 16.1. The highest BCUT2D eigenvalue weighted by molar-refractivity contribution is 5.76. The molecule has 0 aromatic carbocycles. The summed E-state index contributed by atoms with van der Waals surface area (Å²) in [4.78, 5) is 12.0. The van der Waals surface area contributed by atoms with E-state index in [1.165, 1.54) is 89.9 Å². The maximum Gasteiger partial charge on any atom is 0.220 e. The summed E-state index contributed by atoms with van der Waals surface area (Å²) >= 11 is 0. The van der Waals surface area contributed by atoms with Crippen molar-refractivity contribution in [3.05, 3.63) is 0 Å². The highest BCUT2D eigenvalue weighted by Gasteiger charge is 2.19. The second-order valence-electron chi connectivity index (χ2n) is 7.82. The Morgan fingerprint density at radius 1 is 0.870 bits per heavy atom. The molecule has 1 aliphatic carbocycles. The third kappa shape index (κ3) is 11.6. The van der Waals surface area contributed by atoms with Gasteiger partial charge in [0.1, 0.15) is 0 Å². The third-order valence-corrected chi connectivity index (χ3v) is 5.31. The molecule has 1 fully saturated rings. The Morgan fingerprint density at radius 2 is 1.43 bits per heavy atom. The lowest BCUT2D eigenvalue weighted by atomic mass is 9.87. The van der Waals surface area contributed by atoms with Crippen molar-refractivity contribution >= 4 is 5.91 Å². The maximum absolute atomic E-state index is 12.0. The lowest BCUT2D eigenvalue weighted by Gasteiger charge is -2.27. The van der Waals surface area contributed by atoms with Crippen LogP contribution >= 0.6 is 0 Å². The highest BCUT2D eigenvalue weighted by Crippen LogP contribution is 2.23. The van der Waals surface area contributed by atoms with Crippen molar-refractivity contribution in [2.24, 2.45) is 5.92 Å². The normalized spacial score (nSPS) is 21.3. The molecular formula is C21H41NO. The first kappa shape index (κ1) is 20.5. The van der Waals surface area contributed by atoms with Crippen LogP contribution in [0.4, 0.5) is 0 Å². The van der Waals surface area contributed by atoms with Gasteiger partial charge in [0.2, 0.25) is 5.91 Å². The Labute approximate surface area is 145 Å². The van der Waals surface area contributed by atoms with Gasteiger partial charge in [-0.2, -0.15) is 0 Å². The summed E-state index contributed by atoms with van der Waals surface area (Å²) in [5, 5.41) is 3.25. The summed E-state index contributed by atoms with van der Waals surface area (Å²) in [6.45, 7) is 4.58. The van der Waals surface area contributed by atoms with Gasteiger partial charge in [0.15, 0.2) is 0 Å². The minimum absolute atomic E-state index is 0.292. The van der Waals surface area contributed by atoms with E-state index in [4.69, 9.17) is 0 Å². The Hall–Kier alpha value is -0.530. The van der Waals surface area contributed by atoms with Gasteiger partial charge in [-0.25, -0.2) is 0 Å². The molecule has 1 amide bonds. The fourth-order valence-electron chi connectivity index (χ4n) is 3.81. The average molecular weight is 324 g/mol. The molecule has 1 aliphatic rings. The molecule has 0 aromatic rings. The Morgan fingerprint density at radius 3 is 2.00 bits per heavy atom. The van der Waals surface area contributed by atoms with Crippen molar-refractivity contribution in [2.75, 3.05) is 0 Å². The molecule has 23 heavy (non-hydrogen) atoms. The smallest absolute Gasteiger partial charge is 0.220 e. The van der Waals surface area contributed by atoms with Crippen LogP contribution in [0.3, 0.4) is 0 Å². The maximum atomic E-state index is 12.0. The number of carbonyl (C=O) groups is 1. The van der Waals surface area contributed by atoms with Crippen molar-refractivity contribution in [1.29, 1.82) is 0 Å². The van der Waals surface area contributed by atoms with E-state index in [0.717, 1.165) is 18.8 Å². The predicted octanol–water partition coefficient (Wildman–Crippen LogP) is 6.38. The summed E-state index contributed by atoms with van der Waals surface area (Å²) in [6.07, 6.45) is 20.5. The number of hydrogen-bond acceptors (Lipinski definition) is 1. The van der Waals surface area contributed by atoms with Gasteiger partial charge < -0.3 is 5.32 Å². The zero-order valence-electron chi connectivity index (χ0n) is 15.9. The number of rotatable bonds is 13. The molecule has 2 nitrogen and oxygen atoms in total. The van der Waals surface area contributed by atoms with E-state index >= 15 is 0 Å². The largest absolute Gasteiger partial charge is 0.353 e. The summed E-state index contributed by atoms with van der Waals surface area (Å²) in [7, 11) is 0. The summed E-state index contributed by atoms with van der Waals surface area (Å²) in [5.74, 6) is 1.08. The fraction of sp³-hybridized carbons (Fsp3) is 0.952. The first-order chi connectivity index (χ1) is 11.2. The number of unbranched alkanes of at least 4 members (excludes halogenated alkanes) is 10. The predicted molar refractivity (Wildman–Crippen MR) is 101 cm³/mol. The molecule has 2 heteroatoms. The Bertz CT molecular complexity index is 290. The summed E-state index contributed by atoms with van der Waals surface area (Å²) in [6, 6.07) is 0.457. The third-order valence-electron chi connectivity index (χ3n) is 5.31. The Balaban J connectivity index is 1.84. The quantitative estimate of drug-likeness (QED) is 0.391. The van der Waals surface area contributed by atoms with Gasteiger partial charge >= 0.3 is 0 Å². The van der Waals surface area contributed by atoms with Gasteiger partial charge in [-0.15, -0.1) is 0 Å². The van der Waals surface area contributed by atoms with Gasteiger partial charge in [-0.3, -0.25) is 4.79 Å². The zero-order valence-corrected chi connectivity index (χ0v) is 15.9. The lowest BCUT2D eigenvalue weighted by molar-refractivity contribution is -0.122. The van der Waals surface area contributed by atoms with Gasteiger partial charge in [0.05, 0.1) is 0 Å². The van der Waals surface area contributed by atoms with E-state index < -0.39 is 0 Å². The van der Waals surface area contributed by atoms with Crippen LogP contribution < -0.4 is 5.32 Å². The van der Waals surface area contributed by atoms with Gasteiger partial charge in [0, 0.05) is 12.5 Å². The van der Waals surface area contributed by atoms with Crippen LogP contribution in [0, 0.1) is 5.92 Å². The molecule has 2 atom stereocenters. The SMILES string of the molecule is CCCCCCCCCCCCCC(=O)N[C@H]1CCC[C@@H](C)C1. The van der Waals surface area contributed by atoms with Crippen LogP contribution in [0.1, 0.15) is 117 Å². The second kappa shape index (κ2) is 13.9. The second-order valence-corrected chi connectivity index (χ2v) is 7.82. The van der Waals surface area contributed by atoms with Crippen LogP contribution in [-0.2, 0) is 4.79 Å². The first-order valence-electron chi connectivity index (χ1n) is 10.5. The van der Waals surface area contributed by atoms with Crippen molar-refractivity contribution in [3.63, 3.8) is 0 Å². The molecular weight excluding hydrogens is 282 g/mol. The van der Waals surface area contributed by atoms with E-state index in [9.17, 15) is 4.79 Å². The van der Waals surface area contributed by atoms with Crippen LogP contribution in [0.5, 0.6) is 0 Å². The number of nitrogens with one attached hydrogen (secondary N) is 1. The molecule has 0 aromatic heterocycles. The first-order valence-corrected chi connectivity index (χ1v) is 10.5. The van der Waals surface area contributed by atoms with Gasteiger partial charge in [-0.1, -0.05) is 90.9 Å². The molecule has 0 saturated heterocycles. The molecule has 1 rings (SSSR count). The number of hydrogen-bond donors (Lipinski definition) is 1. The Kier molecular flexibility index (Phi) is 12.4. The molecule has 0 radical (unpaired) electrons. The molecule has 1 N–H and O–H groups in total. The molecule has 0 unspecified atom stereocenters. The molecule has 0 aliphatic heterocycles. The molecule has 0 spiro atoms.